The Bertz CT molecular complexity index is 614. The van der Waals surface area contributed by atoms with E-state index in [2.05, 4.69) is 9.97 Å². The number of pyridine rings is 1. The number of amides is 1. The minimum Gasteiger partial charge on any atom is -0.346 e. The molecule has 0 spiro atoms. The number of fused-ring (bicyclic) bond motifs is 1. The van der Waals surface area contributed by atoms with Crippen LogP contribution in [-0.4, -0.2) is 40.0 Å². The molecule has 1 N–H and O–H groups in total. The molecule has 19 heavy (non-hydrogen) atoms. The molecule has 3 heterocycles. The highest BCUT2D eigenvalue weighted by Gasteiger charge is 2.24. The van der Waals surface area contributed by atoms with Gasteiger partial charge in [-0.3, -0.25) is 4.79 Å². The summed E-state index contributed by atoms with van der Waals surface area (Å²) in [5.41, 5.74) is 2.33. The number of halogens is 1. The SMILES string of the molecule is Cc1c(C(=O)N2CCC(F)CC2)cnc2[nH]ccc12. The fraction of sp³-hybridized carbons (Fsp3) is 0.429. The second kappa shape index (κ2) is 4.64. The molecule has 0 aliphatic carbocycles. The zero-order chi connectivity index (χ0) is 13.4. The summed E-state index contributed by atoms with van der Waals surface area (Å²) in [5.74, 6) is -0.0417. The van der Waals surface area contributed by atoms with Gasteiger partial charge in [0.2, 0.25) is 0 Å². The van der Waals surface area contributed by atoms with Crippen LogP contribution in [0.4, 0.5) is 4.39 Å². The maximum Gasteiger partial charge on any atom is 0.255 e. The minimum atomic E-state index is -0.768. The number of H-pyrrole nitrogens is 1. The first-order valence-corrected chi connectivity index (χ1v) is 6.53. The minimum absolute atomic E-state index is 0.0417. The highest BCUT2D eigenvalue weighted by molar-refractivity contribution is 5.99. The van der Waals surface area contributed by atoms with Crippen molar-refractivity contribution < 1.29 is 9.18 Å². The molecule has 2 aromatic rings. The second-order valence-corrected chi connectivity index (χ2v) is 5.00. The zero-order valence-electron chi connectivity index (χ0n) is 10.8. The van der Waals surface area contributed by atoms with E-state index < -0.39 is 6.17 Å². The zero-order valence-corrected chi connectivity index (χ0v) is 10.8. The molecule has 0 unspecified atom stereocenters. The van der Waals surface area contributed by atoms with Crippen molar-refractivity contribution in [1.82, 2.24) is 14.9 Å². The summed E-state index contributed by atoms with van der Waals surface area (Å²) in [6.45, 7) is 2.90. The lowest BCUT2D eigenvalue weighted by Crippen LogP contribution is -2.39. The van der Waals surface area contributed by atoms with Gasteiger partial charge in [0.25, 0.3) is 5.91 Å². The van der Waals surface area contributed by atoms with Crippen LogP contribution in [0.2, 0.25) is 0 Å². The highest BCUT2D eigenvalue weighted by atomic mass is 19.1. The van der Waals surface area contributed by atoms with E-state index in [0.717, 1.165) is 16.6 Å². The number of aryl methyl sites for hydroxylation is 1. The van der Waals surface area contributed by atoms with E-state index in [1.54, 1.807) is 11.1 Å². The lowest BCUT2D eigenvalue weighted by Gasteiger charge is -2.29. The molecule has 1 fully saturated rings. The lowest BCUT2D eigenvalue weighted by molar-refractivity contribution is 0.0666. The number of carbonyl (C=O) groups is 1. The van der Waals surface area contributed by atoms with E-state index in [0.29, 0.717) is 31.5 Å². The summed E-state index contributed by atoms with van der Waals surface area (Å²) < 4.78 is 13.1. The van der Waals surface area contributed by atoms with E-state index in [1.807, 2.05) is 19.2 Å². The molecule has 100 valence electrons. The van der Waals surface area contributed by atoms with Gasteiger partial charge in [-0.2, -0.15) is 0 Å². The molecular formula is C14H16FN3O. The van der Waals surface area contributed by atoms with Gasteiger partial charge in [-0.15, -0.1) is 0 Å². The van der Waals surface area contributed by atoms with Crippen LogP contribution >= 0.6 is 0 Å². The molecule has 0 saturated carbocycles. The van der Waals surface area contributed by atoms with Crippen molar-refractivity contribution in [3.05, 3.63) is 29.6 Å². The summed E-state index contributed by atoms with van der Waals surface area (Å²) >= 11 is 0. The summed E-state index contributed by atoms with van der Waals surface area (Å²) in [7, 11) is 0. The number of likely N-dealkylation sites (tertiary alicyclic amines) is 1. The van der Waals surface area contributed by atoms with Gasteiger partial charge in [-0.1, -0.05) is 0 Å². The second-order valence-electron chi connectivity index (χ2n) is 5.00. The maximum absolute atomic E-state index is 13.1. The van der Waals surface area contributed by atoms with Crippen molar-refractivity contribution >= 4 is 16.9 Å². The third-order valence-electron chi connectivity index (χ3n) is 3.80. The quantitative estimate of drug-likeness (QED) is 0.857. The van der Waals surface area contributed by atoms with Crippen LogP contribution in [-0.2, 0) is 0 Å². The Hall–Kier alpha value is -1.91. The average Bonchev–Trinajstić information content (AvgIpc) is 2.88. The van der Waals surface area contributed by atoms with Gasteiger partial charge in [0.1, 0.15) is 11.8 Å². The molecule has 0 aromatic carbocycles. The smallest absolute Gasteiger partial charge is 0.255 e. The van der Waals surface area contributed by atoms with Gasteiger partial charge in [-0.05, 0) is 31.4 Å². The summed E-state index contributed by atoms with van der Waals surface area (Å²) in [4.78, 5) is 21.4. The van der Waals surface area contributed by atoms with Crippen LogP contribution in [0.3, 0.4) is 0 Å². The summed E-state index contributed by atoms with van der Waals surface area (Å²) in [5, 5.41) is 0.964. The predicted octanol–water partition coefficient (Wildman–Crippen LogP) is 2.45. The molecule has 1 saturated heterocycles. The average molecular weight is 261 g/mol. The van der Waals surface area contributed by atoms with Crippen molar-refractivity contribution in [3.8, 4) is 0 Å². The summed E-state index contributed by atoms with van der Waals surface area (Å²) in [6, 6.07) is 1.92. The van der Waals surface area contributed by atoms with Crippen molar-refractivity contribution in [2.24, 2.45) is 0 Å². The van der Waals surface area contributed by atoms with E-state index >= 15 is 0 Å². The van der Waals surface area contributed by atoms with Crippen LogP contribution in [0, 0.1) is 6.92 Å². The van der Waals surface area contributed by atoms with E-state index in [-0.39, 0.29) is 5.91 Å². The molecular weight excluding hydrogens is 245 g/mol. The van der Waals surface area contributed by atoms with Gasteiger partial charge >= 0.3 is 0 Å². The fourth-order valence-corrected chi connectivity index (χ4v) is 2.58. The van der Waals surface area contributed by atoms with E-state index in [9.17, 15) is 9.18 Å². The molecule has 0 bridgehead atoms. The Morgan fingerprint density at radius 1 is 1.47 bits per heavy atom. The highest BCUT2D eigenvalue weighted by Crippen LogP contribution is 2.22. The standard InChI is InChI=1S/C14H16FN3O/c1-9-11-2-5-16-13(11)17-8-12(9)14(19)18-6-3-10(15)4-7-18/h2,5,8,10H,3-4,6-7H2,1H3,(H,16,17). The number of nitrogens with one attached hydrogen (secondary N) is 1. The number of piperidine rings is 1. The Kier molecular flexibility index (Phi) is 2.97. The van der Waals surface area contributed by atoms with E-state index in [1.165, 1.54) is 0 Å². The van der Waals surface area contributed by atoms with E-state index in [4.69, 9.17) is 0 Å². The first kappa shape index (κ1) is 12.1. The van der Waals surface area contributed by atoms with Gasteiger partial charge in [0, 0.05) is 30.9 Å². The first-order chi connectivity index (χ1) is 9.16. The molecule has 2 aromatic heterocycles. The topological polar surface area (TPSA) is 49.0 Å². The lowest BCUT2D eigenvalue weighted by atomic mass is 10.0. The molecule has 0 atom stereocenters. The molecule has 5 heteroatoms. The van der Waals surface area contributed by atoms with Crippen LogP contribution in [0.5, 0.6) is 0 Å². The normalized spacial score (nSPS) is 17.1. The van der Waals surface area contributed by atoms with Crippen molar-refractivity contribution in [3.63, 3.8) is 0 Å². The molecule has 0 radical (unpaired) electrons. The van der Waals surface area contributed by atoms with Crippen LogP contribution in [0.1, 0.15) is 28.8 Å². The Balaban J connectivity index is 1.91. The number of rotatable bonds is 1. The number of aromatic amines is 1. The molecule has 4 nitrogen and oxygen atoms in total. The largest absolute Gasteiger partial charge is 0.346 e. The van der Waals surface area contributed by atoms with Crippen molar-refractivity contribution in [2.75, 3.05) is 13.1 Å². The number of carbonyl (C=O) groups excluding carboxylic acids is 1. The van der Waals surface area contributed by atoms with Crippen molar-refractivity contribution in [2.45, 2.75) is 25.9 Å². The van der Waals surface area contributed by atoms with Crippen LogP contribution < -0.4 is 0 Å². The number of hydrogen-bond acceptors (Lipinski definition) is 2. The number of aromatic nitrogens is 2. The number of nitrogens with zero attached hydrogens (tertiary/aromatic N) is 2. The van der Waals surface area contributed by atoms with Gasteiger partial charge in [0.05, 0.1) is 5.56 Å². The molecule has 1 aliphatic heterocycles. The third kappa shape index (κ3) is 2.09. The monoisotopic (exact) mass is 261 g/mol. The van der Waals surface area contributed by atoms with Gasteiger partial charge in [-0.25, -0.2) is 9.37 Å². The van der Waals surface area contributed by atoms with Crippen LogP contribution in [0.15, 0.2) is 18.5 Å². The predicted molar refractivity (Wildman–Crippen MR) is 70.9 cm³/mol. The summed E-state index contributed by atoms with van der Waals surface area (Å²) in [6.07, 6.45) is 3.52. The van der Waals surface area contributed by atoms with Crippen molar-refractivity contribution in [1.29, 1.82) is 0 Å². The first-order valence-electron chi connectivity index (χ1n) is 6.53. The third-order valence-corrected chi connectivity index (χ3v) is 3.80. The number of alkyl halides is 1. The molecule has 1 aliphatic rings. The van der Waals surface area contributed by atoms with Gasteiger partial charge in [0.15, 0.2) is 0 Å². The maximum atomic E-state index is 13.1. The Morgan fingerprint density at radius 3 is 2.95 bits per heavy atom. The Labute approximate surface area is 110 Å². The van der Waals surface area contributed by atoms with Gasteiger partial charge < -0.3 is 9.88 Å². The molecule has 3 rings (SSSR count). The molecule has 1 amide bonds. The number of hydrogen-bond donors (Lipinski definition) is 1. The fourth-order valence-electron chi connectivity index (χ4n) is 2.58. The van der Waals surface area contributed by atoms with Crippen LogP contribution in [0.25, 0.3) is 11.0 Å². The Morgan fingerprint density at radius 2 is 2.21 bits per heavy atom.